The number of hydrogen-bond donors (Lipinski definition) is 1. The Labute approximate surface area is 114 Å². The smallest absolute Gasteiger partial charge is 0.358 e. The quantitative estimate of drug-likeness (QED) is 0.889. The number of aromatic carboxylic acids is 1. The highest BCUT2D eigenvalue weighted by Gasteiger charge is 2.29. The minimum Gasteiger partial charge on any atom is -0.476 e. The summed E-state index contributed by atoms with van der Waals surface area (Å²) < 4.78 is 1.59. The zero-order valence-corrected chi connectivity index (χ0v) is 10.5. The molecule has 1 aromatic heterocycles. The molecule has 1 aliphatic heterocycles. The van der Waals surface area contributed by atoms with Gasteiger partial charge in [-0.3, -0.25) is 0 Å². The first kappa shape index (κ1) is 12.2. The average molecular weight is 269 g/mol. The molecule has 7 nitrogen and oxygen atoms in total. The molecule has 1 aliphatic rings. The molecular formula is C13H11N5O2. The lowest BCUT2D eigenvalue weighted by Gasteiger charge is -2.40. The van der Waals surface area contributed by atoms with Crippen LogP contribution in [0.25, 0.3) is 0 Å². The number of carboxylic acid groups (broad SMARTS) is 1. The maximum Gasteiger partial charge on any atom is 0.358 e. The van der Waals surface area contributed by atoms with Gasteiger partial charge in [0.2, 0.25) is 0 Å². The van der Waals surface area contributed by atoms with E-state index in [4.69, 9.17) is 10.4 Å². The van der Waals surface area contributed by atoms with Gasteiger partial charge in [-0.15, -0.1) is 5.10 Å². The van der Waals surface area contributed by atoms with E-state index in [1.165, 1.54) is 6.20 Å². The average Bonchev–Trinajstić information content (AvgIpc) is 2.87. The van der Waals surface area contributed by atoms with Crippen LogP contribution in [0.3, 0.4) is 0 Å². The topological polar surface area (TPSA) is 95.0 Å². The molecule has 3 rings (SSSR count). The van der Waals surface area contributed by atoms with Crippen LogP contribution in [0.2, 0.25) is 0 Å². The third kappa shape index (κ3) is 2.07. The number of aromatic nitrogens is 3. The molecule has 0 amide bonds. The molecule has 1 saturated heterocycles. The molecule has 0 saturated carbocycles. The zero-order chi connectivity index (χ0) is 14.1. The van der Waals surface area contributed by atoms with Crippen LogP contribution >= 0.6 is 0 Å². The Morgan fingerprint density at radius 1 is 1.35 bits per heavy atom. The summed E-state index contributed by atoms with van der Waals surface area (Å²) in [5, 5.41) is 25.0. The van der Waals surface area contributed by atoms with Crippen LogP contribution < -0.4 is 4.90 Å². The van der Waals surface area contributed by atoms with Gasteiger partial charge in [-0.2, -0.15) is 5.26 Å². The van der Waals surface area contributed by atoms with Gasteiger partial charge in [0, 0.05) is 18.8 Å². The number of carbonyl (C=O) groups is 1. The molecule has 0 atom stereocenters. The summed E-state index contributed by atoms with van der Waals surface area (Å²) in [5.74, 6) is -1.07. The van der Waals surface area contributed by atoms with Crippen molar-refractivity contribution in [3.63, 3.8) is 0 Å². The van der Waals surface area contributed by atoms with Crippen molar-refractivity contribution in [1.82, 2.24) is 15.0 Å². The molecule has 0 aliphatic carbocycles. The number of benzene rings is 1. The molecule has 1 N–H and O–H groups in total. The number of rotatable bonds is 3. The van der Waals surface area contributed by atoms with Crippen molar-refractivity contribution < 1.29 is 9.90 Å². The molecule has 1 fully saturated rings. The molecular weight excluding hydrogens is 258 g/mol. The van der Waals surface area contributed by atoms with E-state index in [1.54, 1.807) is 16.8 Å². The summed E-state index contributed by atoms with van der Waals surface area (Å²) in [4.78, 5) is 12.9. The van der Waals surface area contributed by atoms with Crippen molar-refractivity contribution in [1.29, 1.82) is 5.26 Å². The van der Waals surface area contributed by atoms with Crippen molar-refractivity contribution in [2.45, 2.75) is 6.04 Å². The maximum atomic E-state index is 10.7. The fraction of sp³-hybridized carbons (Fsp3) is 0.231. The molecule has 100 valence electrons. The van der Waals surface area contributed by atoms with E-state index >= 15 is 0 Å². The van der Waals surface area contributed by atoms with Crippen molar-refractivity contribution in [3.05, 3.63) is 41.7 Å². The molecule has 0 spiro atoms. The molecule has 2 aromatic rings. The normalized spacial score (nSPS) is 14.7. The van der Waals surface area contributed by atoms with Gasteiger partial charge in [0.05, 0.1) is 23.9 Å². The molecule has 7 heteroatoms. The van der Waals surface area contributed by atoms with Crippen molar-refractivity contribution in [3.8, 4) is 6.07 Å². The van der Waals surface area contributed by atoms with Crippen LogP contribution in [0.4, 0.5) is 5.69 Å². The van der Waals surface area contributed by atoms with Crippen LogP contribution in [-0.4, -0.2) is 39.2 Å². The van der Waals surface area contributed by atoms with Gasteiger partial charge in [-0.25, -0.2) is 9.48 Å². The molecule has 20 heavy (non-hydrogen) atoms. The van der Waals surface area contributed by atoms with Crippen LogP contribution in [-0.2, 0) is 0 Å². The summed E-state index contributed by atoms with van der Waals surface area (Å²) in [6.07, 6.45) is 1.45. The Morgan fingerprint density at radius 3 is 2.60 bits per heavy atom. The lowest BCUT2D eigenvalue weighted by Crippen LogP contribution is -2.48. The van der Waals surface area contributed by atoms with Crippen LogP contribution in [0.15, 0.2) is 30.5 Å². The summed E-state index contributed by atoms with van der Waals surface area (Å²) in [5.41, 5.74) is 1.63. The van der Waals surface area contributed by atoms with Crippen molar-refractivity contribution in [2.24, 2.45) is 0 Å². The zero-order valence-electron chi connectivity index (χ0n) is 10.5. The predicted molar refractivity (Wildman–Crippen MR) is 69.4 cm³/mol. The Bertz CT molecular complexity index is 680. The van der Waals surface area contributed by atoms with Gasteiger partial charge >= 0.3 is 5.97 Å². The van der Waals surface area contributed by atoms with Gasteiger partial charge in [0.15, 0.2) is 5.69 Å². The van der Waals surface area contributed by atoms with Crippen LogP contribution in [0.1, 0.15) is 22.1 Å². The highest BCUT2D eigenvalue weighted by atomic mass is 16.4. The largest absolute Gasteiger partial charge is 0.476 e. The third-order valence-corrected chi connectivity index (χ3v) is 3.33. The van der Waals surface area contributed by atoms with Gasteiger partial charge in [-0.05, 0) is 24.3 Å². The van der Waals surface area contributed by atoms with E-state index < -0.39 is 5.97 Å². The third-order valence-electron chi connectivity index (χ3n) is 3.33. The second-order valence-electron chi connectivity index (χ2n) is 4.61. The number of nitrogens with zero attached hydrogens (tertiary/aromatic N) is 5. The van der Waals surface area contributed by atoms with Gasteiger partial charge in [0.1, 0.15) is 0 Å². The highest BCUT2D eigenvalue weighted by Crippen LogP contribution is 2.27. The number of nitriles is 1. The first-order valence-electron chi connectivity index (χ1n) is 6.07. The van der Waals surface area contributed by atoms with E-state index in [1.807, 2.05) is 12.1 Å². The fourth-order valence-electron chi connectivity index (χ4n) is 2.13. The standard InChI is InChI=1S/C13H11N5O2/c14-5-9-1-3-10(4-2-9)17-6-11(7-17)18-8-12(13(19)20)15-16-18/h1-4,8,11H,6-7H2,(H,19,20). The molecule has 0 radical (unpaired) electrons. The number of carboxylic acids is 1. The molecule has 2 heterocycles. The second-order valence-corrected chi connectivity index (χ2v) is 4.61. The van der Waals surface area contributed by atoms with Crippen molar-refractivity contribution >= 4 is 11.7 Å². The van der Waals surface area contributed by atoms with E-state index in [9.17, 15) is 4.79 Å². The summed E-state index contributed by atoms with van der Waals surface area (Å²) in [6, 6.07) is 9.57. The summed E-state index contributed by atoms with van der Waals surface area (Å²) in [7, 11) is 0. The molecule has 1 aromatic carbocycles. The monoisotopic (exact) mass is 269 g/mol. The second kappa shape index (κ2) is 4.66. The number of anilines is 1. The van der Waals surface area contributed by atoms with Gasteiger partial charge in [-0.1, -0.05) is 5.21 Å². The molecule has 0 bridgehead atoms. The van der Waals surface area contributed by atoms with E-state index in [2.05, 4.69) is 21.3 Å². The first-order valence-corrected chi connectivity index (χ1v) is 6.07. The van der Waals surface area contributed by atoms with E-state index in [0.717, 1.165) is 18.8 Å². The van der Waals surface area contributed by atoms with Crippen LogP contribution in [0, 0.1) is 11.3 Å². The Kier molecular flexibility index (Phi) is 2.84. The van der Waals surface area contributed by atoms with E-state index in [0.29, 0.717) is 5.56 Å². The number of hydrogen-bond acceptors (Lipinski definition) is 5. The lowest BCUT2D eigenvalue weighted by molar-refractivity contribution is 0.0690. The maximum absolute atomic E-state index is 10.7. The highest BCUT2D eigenvalue weighted by molar-refractivity contribution is 5.84. The summed E-state index contributed by atoms with van der Waals surface area (Å²) >= 11 is 0. The Hall–Kier alpha value is -2.88. The Morgan fingerprint density at radius 2 is 2.05 bits per heavy atom. The van der Waals surface area contributed by atoms with Crippen LogP contribution in [0.5, 0.6) is 0 Å². The SMILES string of the molecule is N#Cc1ccc(N2CC(n3cc(C(=O)O)nn3)C2)cc1. The minimum atomic E-state index is -1.07. The fourth-order valence-corrected chi connectivity index (χ4v) is 2.13. The Balaban J connectivity index is 1.65. The van der Waals surface area contributed by atoms with Gasteiger partial charge in [0.25, 0.3) is 0 Å². The minimum absolute atomic E-state index is 0.0400. The van der Waals surface area contributed by atoms with Crippen molar-refractivity contribution in [2.75, 3.05) is 18.0 Å². The summed E-state index contributed by atoms with van der Waals surface area (Å²) in [6.45, 7) is 1.49. The van der Waals surface area contributed by atoms with Gasteiger partial charge < -0.3 is 10.0 Å². The van der Waals surface area contributed by atoms with E-state index in [-0.39, 0.29) is 11.7 Å². The molecule has 0 unspecified atom stereocenters. The lowest BCUT2D eigenvalue weighted by atomic mass is 10.1. The first-order chi connectivity index (χ1) is 9.67. The predicted octanol–water partition coefficient (Wildman–Crippen LogP) is 0.909.